The van der Waals surface area contributed by atoms with Crippen molar-refractivity contribution in [2.24, 2.45) is 0 Å². The van der Waals surface area contributed by atoms with E-state index in [9.17, 15) is 0 Å². The molecule has 0 aliphatic rings. The van der Waals surface area contributed by atoms with Gasteiger partial charge in [0.1, 0.15) is 5.75 Å². The van der Waals surface area contributed by atoms with Gasteiger partial charge in [0.25, 0.3) is 0 Å². The fraction of sp³-hybridized carbons (Fsp3) is 0.600. The number of nitrogens with one attached hydrogen (secondary N) is 1. The summed E-state index contributed by atoms with van der Waals surface area (Å²) >= 11 is 0. The molecule has 0 spiro atoms. The zero-order valence-corrected chi connectivity index (χ0v) is 12.5. The Morgan fingerprint density at radius 1 is 1.26 bits per heavy atom. The van der Waals surface area contributed by atoms with E-state index in [0.29, 0.717) is 0 Å². The summed E-state index contributed by atoms with van der Waals surface area (Å²) in [4.78, 5) is 2.37. The highest BCUT2D eigenvalue weighted by Gasteiger charge is 2.16. The van der Waals surface area contributed by atoms with Gasteiger partial charge in [-0.15, -0.1) is 0 Å². The molecule has 0 aromatic heterocycles. The fourth-order valence-electron chi connectivity index (χ4n) is 2.16. The van der Waals surface area contributed by atoms with Gasteiger partial charge in [0.05, 0.1) is 13.7 Å². The van der Waals surface area contributed by atoms with E-state index < -0.39 is 0 Å². The van der Waals surface area contributed by atoms with Gasteiger partial charge in [-0.2, -0.15) is 0 Å². The Morgan fingerprint density at radius 2 is 2.00 bits per heavy atom. The van der Waals surface area contributed by atoms with Gasteiger partial charge < -0.3 is 14.8 Å². The van der Waals surface area contributed by atoms with Crippen LogP contribution in [0.3, 0.4) is 0 Å². The molecule has 0 saturated carbocycles. The third-order valence-electron chi connectivity index (χ3n) is 3.36. The second-order valence-electron chi connectivity index (χ2n) is 4.47. The third kappa shape index (κ3) is 4.82. The van der Waals surface area contributed by atoms with E-state index in [1.165, 1.54) is 5.56 Å². The summed E-state index contributed by atoms with van der Waals surface area (Å²) in [5.74, 6) is 0.935. The van der Waals surface area contributed by atoms with Gasteiger partial charge in [0, 0.05) is 31.8 Å². The first-order chi connectivity index (χ1) is 9.26. The summed E-state index contributed by atoms with van der Waals surface area (Å²) in [5, 5.41) is 3.37. The van der Waals surface area contributed by atoms with Crippen LogP contribution in [0.25, 0.3) is 0 Å². The van der Waals surface area contributed by atoms with Crippen molar-refractivity contribution in [1.29, 1.82) is 0 Å². The van der Waals surface area contributed by atoms with Crippen LogP contribution in [0.4, 0.5) is 0 Å². The Bertz CT molecular complexity index is 358. The monoisotopic (exact) mass is 266 g/mol. The lowest BCUT2D eigenvalue weighted by atomic mass is 10.1. The molecule has 1 unspecified atom stereocenters. The first-order valence-electron chi connectivity index (χ1n) is 6.78. The van der Waals surface area contributed by atoms with E-state index in [1.54, 1.807) is 14.2 Å². The Morgan fingerprint density at radius 3 is 2.58 bits per heavy atom. The molecule has 0 radical (unpaired) electrons. The Labute approximate surface area is 116 Å². The lowest BCUT2D eigenvalue weighted by molar-refractivity contribution is 0.144. The van der Waals surface area contributed by atoms with E-state index in [2.05, 4.69) is 23.2 Å². The SMILES string of the molecule is CCN(CCOC)CC(NC)c1ccccc1OC. The molecule has 0 fully saturated rings. The van der Waals surface area contributed by atoms with E-state index in [1.807, 2.05) is 25.2 Å². The summed E-state index contributed by atoms with van der Waals surface area (Å²) < 4.78 is 10.6. The van der Waals surface area contributed by atoms with Gasteiger partial charge in [-0.3, -0.25) is 4.90 Å². The number of hydrogen-bond donors (Lipinski definition) is 1. The number of nitrogens with zero attached hydrogens (tertiary/aromatic N) is 1. The van der Waals surface area contributed by atoms with Crippen LogP contribution in [0.1, 0.15) is 18.5 Å². The highest BCUT2D eigenvalue weighted by molar-refractivity contribution is 5.36. The van der Waals surface area contributed by atoms with Crippen molar-refractivity contribution in [3.63, 3.8) is 0 Å². The number of likely N-dealkylation sites (N-methyl/N-ethyl adjacent to an activating group) is 2. The van der Waals surface area contributed by atoms with Gasteiger partial charge in [-0.05, 0) is 19.7 Å². The van der Waals surface area contributed by atoms with Crippen LogP contribution in [0.15, 0.2) is 24.3 Å². The molecule has 1 N–H and O–H groups in total. The largest absolute Gasteiger partial charge is 0.496 e. The first kappa shape index (κ1) is 16.0. The molecular formula is C15H26N2O2. The highest BCUT2D eigenvalue weighted by atomic mass is 16.5. The Balaban J connectivity index is 2.75. The van der Waals surface area contributed by atoms with Crippen LogP contribution >= 0.6 is 0 Å². The van der Waals surface area contributed by atoms with Crippen LogP contribution in [-0.4, -0.2) is 52.4 Å². The maximum atomic E-state index is 5.44. The topological polar surface area (TPSA) is 33.7 Å². The molecular weight excluding hydrogens is 240 g/mol. The van der Waals surface area contributed by atoms with E-state index >= 15 is 0 Å². The maximum absolute atomic E-state index is 5.44. The molecule has 4 heteroatoms. The molecule has 4 nitrogen and oxygen atoms in total. The van der Waals surface area contributed by atoms with Crippen molar-refractivity contribution in [3.05, 3.63) is 29.8 Å². The molecule has 0 saturated heterocycles. The molecule has 0 heterocycles. The zero-order chi connectivity index (χ0) is 14.1. The van der Waals surface area contributed by atoms with Crippen molar-refractivity contribution in [1.82, 2.24) is 10.2 Å². The van der Waals surface area contributed by atoms with E-state index in [0.717, 1.165) is 32.0 Å². The third-order valence-corrected chi connectivity index (χ3v) is 3.36. The summed E-state index contributed by atoms with van der Waals surface area (Å²) in [6.07, 6.45) is 0. The lowest BCUT2D eigenvalue weighted by Gasteiger charge is -2.27. The Kier molecular flexibility index (Phi) is 7.48. The van der Waals surface area contributed by atoms with Crippen molar-refractivity contribution >= 4 is 0 Å². The van der Waals surface area contributed by atoms with Crippen LogP contribution in [0, 0.1) is 0 Å². The molecule has 0 amide bonds. The number of methoxy groups -OCH3 is 2. The number of benzene rings is 1. The minimum absolute atomic E-state index is 0.257. The van der Waals surface area contributed by atoms with Gasteiger partial charge in [0.15, 0.2) is 0 Å². The number of hydrogen-bond acceptors (Lipinski definition) is 4. The fourth-order valence-corrected chi connectivity index (χ4v) is 2.16. The minimum atomic E-state index is 0.257. The van der Waals surface area contributed by atoms with Crippen molar-refractivity contribution < 1.29 is 9.47 Å². The maximum Gasteiger partial charge on any atom is 0.123 e. The van der Waals surface area contributed by atoms with Crippen molar-refractivity contribution in [3.8, 4) is 5.75 Å². The second kappa shape index (κ2) is 8.91. The molecule has 1 atom stereocenters. The van der Waals surface area contributed by atoms with Crippen molar-refractivity contribution in [2.75, 3.05) is 47.5 Å². The standard InChI is InChI=1S/C15H26N2O2/c1-5-17(10-11-18-3)12-14(16-2)13-8-6-7-9-15(13)19-4/h6-9,14,16H,5,10-12H2,1-4H3. The molecule has 108 valence electrons. The molecule has 0 aliphatic carbocycles. The van der Waals surface area contributed by atoms with Crippen LogP contribution in [0.5, 0.6) is 5.75 Å². The van der Waals surface area contributed by atoms with Crippen LogP contribution < -0.4 is 10.1 Å². The number of rotatable bonds is 9. The Hall–Kier alpha value is -1.10. The summed E-state index contributed by atoms with van der Waals surface area (Å²) in [6, 6.07) is 8.42. The lowest BCUT2D eigenvalue weighted by Crippen LogP contribution is -2.35. The van der Waals surface area contributed by atoms with Gasteiger partial charge in [-0.1, -0.05) is 25.1 Å². The normalized spacial score (nSPS) is 12.7. The predicted molar refractivity (Wildman–Crippen MR) is 78.8 cm³/mol. The number of para-hydroxylation sites is 1. The average Bonchev–Trinajstić information content (AvgIpc) is 2.47. The van der Waals surface area contributed by atoms with Crippen molar-refractivity contribution in [2.45, 2.75) is 13.0 Å². The molecule has 1 rings (SSSR count). The summed E-state index contributed by atoms with van der Waals surface area (Å²) in [6.45, 7) is 5.83. The average molecular weight is 266 g/mol. The minimum Gasteiger partial charge on any atom is -0.496 e. The molecule has 0 bridgehead atoms. The smallest absolute Gasteiger partial charge is 0.123 e. The van der Waals surface area contributed by atoms with Gasteiger partial charge in [-0.25, -0.2) is 0 Å². The highest BCUT2D eigenvalue weighted by Crippen LogP contribution is 2.25. The van der Waals surface area contributed by atoms with Gasteiger partial charge >= 0.3 is 0 Å². The van der Waals surface area contributed by atoms with Crippen LogP contribution in [0.2, 0.25) is 0 Å². The number of ether oxygens (including phenoxy) is 2. The summed E-state index contributed by atoms with van der Waals surface area (Å²) in [7, 11) is 5.44. The van der Waals surface area contributed by atoms with E-state index in [-0.39, 0.29) is 6.04 Å². The van der Waals surface area contributed by atoms with E-state index in [4.69, 9.17) is 9.47 Å². The molecule has 0 aliphatic heterocycles. The molecule has 1 aromatic carbocycles. The first-order valence-corrected chi connectivity index (χ1v) is 6.78. The predicted octanol–water partition coefficient (Wildman–Crippen LogP) is 1.92. The molecule has 19 heavy (non-hydrogen) atoms. The summed E-state index contributed by atoms with van der Waals surface area (Å²) in [5.41, 5.74) is 1.20. The van der Waals surface area contributed by atoms with Crippen LogP contribution in [-0.2, 0) is 4.74 Å². The quantitative estimate of drug-likeness (QED) is 0.740. The zero-order valence-electron chi connectivity index (χ0n) is 12.5. The van der Waals surface area contributed by atoms with Gasteiger partial charge in [0.2, 0.25) is 0 Å². The molecule has 1 aromatic rings. The second-order valence-corrected chi connectivity index (χ2v) is 4.47.